The average molecular weight is 603 g/mol. The van der Waals surface area contributed by atoms with Crippen molar-refractivity contribution in [3.8, 4) is 0 Å². The Morgan fingerprint density at radius 2 is 1.66 bits per heavy atom. The van der Waals surface area contributed by atoms with Crippen LogP contribution in [0.3, 0.4) is 0 Å². The van der Waals surface area contributed by atoms with Crippen LogP contribution in [0.1, 0.15) is 57.4 Å². The van der Waals surface area contributed by atoms with Gasteiger partial charge in [0.1, 0.15) is 6.04 Å². The molecule has 1 fully saturated rings. The Morgan fingerprint density at radius 3 is 2.26 bits per heavy atom. The molecule has 0 bridgehead atoms. The van der Waals surface area contributed by atoms with E-state index in [-0.39, 0.29) is 43.8 Å². The van der Waals surface area contributed by atoms with E-state index in [4.69, 9.17) is 34.8 Å². The number of carbonyl (C=O) groups is 2. The summed E-state index contributed by atoms with van der Waals surface area (Å²) in [6.45, 7) is 1.82. The third-order valence-corrected chi connectivity index (χ3v) is 8.89. The smallest absolute Gasteiger partial charge is 0.242 e. The molecule has 0 unspecified atom stereocenters. The predicted molar refractivity (Wildman–Crippen MR) is 154 cm³/mol. The Morgan fingerprint density at radius 1 is 1.03 bits per heavy atom. The first kappa shape index (κ1) is 30.5. The van der Waals surface area contributed by atoms with E-state index in [1.54, 1.807) is 49.4 Å². The van der Waals surface area contributed by atoms with Gasteiger partial charge >= 0.3 is 0 Å². The maximum Gasteiger partial charge on any atom is 0.242 e. The molecule has 0 aliphatic heterocycles. The lowest BCUT2D eigenvalue weighted by molar-refractivity contribution is -0.141. The van der Waals surface area contributed by atoms with Crippen LogP contribution in [0.2, 0.25) is 15.1 Å². The van der Waals surface area contributed by atoms with Crippen LogP contribution < -0.4 is 9.62 Å². The maximum absolute atomic E-state index is 13.5. The van der Waals surface area contributed by atoms with Gasteiger partial charge in [-0.25, -0.2) is 8.42 Å². The average Bonchev–Trinajstić information content (AvgIpc) is 2.86. The fourth-order valence-electron chi connectivity index (χ4n) is 4.64. The van der Waals surface area contributed by atoms with Crippen molar-refractivity contribution in [1.82, 2.24) is 10.2 Å². The van der Waals surface area contributed by atoms with Crippen molar-refractivity contribution in [3.63, 3.8) is 0 Å². The topological polar surface area (TPSA) is 86.8 Å². The van der Waals surface area contributed by atoms with E-state index in [0.717, 1.165) is 38.4 Å². The third-order valence-electron chi connectivity index (χ3n) is 6.76. The van der Waals surface area contributed by atoms with E-state index in [0.29, 0.717) is 26.3 Å². The molecule has 11 heteroatoms. The first-order valence-corrected chi connectivity index (χ1v) is 15.7. The second kappa shape index (κ2) is 13.9. The molecular weight excluding hydrogens is 569 g/mol. The second-order valence-electron chi connectivity index (χ2n) is 9.66. The number of sulfonamides is 1. The van der Waals surface area contributed by atoms with Gasteiger partial charge in [-0.05, 0) is 56.5 Å². The maximum atomic E-state index is 13.5. The largest absolute Gasteiger partial charge is 0.352 e. The quantitative estimate of drug-likeness (QED) is 0.339. The lowest BCUT2D eigenvalue weighted by Gasteiger charge is -2.32. The zero-order chi connectivity index (χ0) is 27.9. The van der Waals surface area contributed by atoms with Gasteiger partial charge in [0.25, 0.3) is 0 Å². The van der Waals surface area contributed by atoms with Crippen molar-refractivity contribution in [1.29, 1.82) is 0 Å². The minimum Gasteiger partial charge on any atom is -0.352 e. The number of rotatable bonds is 11. The molecule has 3 rings (SSSR count). The number of carbonyl (C=O) groups excluding carboxylic acids is 2. The standard InChI is InChI=1S/C27H34Cl3N3O4S/c1-19(27(35)31-21-10-4-3-5-11-21)32(18-23-24(29)13-7-14-25(23)30)26(34)15-8-16-33(38(2,36)37)22-12-6-9-20(28)17-22/h6-7,9,12-14,17,19,21H,3-5,8,10-11,15-16,18H2,1-2H3,(H,31,35)/t19-/m1/s1. The summed E-state index contributed by atoms with van der Waals surface area (Å²) < 4.78 is 26.1. The molecule has 1 aliphatic rings. The molecule has 2 aromatic carbocycles. The molecule has 0 saturated heterocycles. The van der Waals surface area contributed by atoms with Crippen LogP contribution in [0.5, 0.6) is 0 Å². The summed E-state index contributed by atoms with van der Waals surface area (Å²) in [6, 6.07) is 11.0. The number of benzene rings is 2. The first-order chi connectivity index (χ1) is 18.0. The molecule has 38 heavy (non-hydrogen) atoms. The summed E-state index contributed by atoms with van der Waals surface area (Å²) in [7, 11) is -3.61. The van der Waals surface area contributed by atoms with Crippen LogP contribution >= 0.6 is 34.8 Å². The molecule has 208 valence electrons. The number of amides is 2. The lowest BCUT2D eigenvalue weighted by atomic mass is 9.95. The predicted octanol–water partition coefficient (Wildman–Crippen LogP) is 6.06. The van der Waals surface area contributed by atoms with E-state index < -0.39 is 16.1 Å². The van der Waals surface area contributed by atoms with Crippen LogP contribution in [0, 0.1) is 0 Å². The summed E-state index contributed by atoms with van der Waals surface area (Å²) in [6.07, 6.45) is 6.52. The molecule has 1 aliphatic carbocycles. The van der Waals surface area contributed by atoms with Gasteiger partial charge in [-0.15, -0.1) is 0 Å². The fourth-order valence-corrected chi connectivity index (χ4v) is 6.30. The number of nitrogens with one attached hydrogen (secondary N) is 1. The van der Waals surface area contributed by atoms with Crippen molar-refractivity contribution in [2.24, 2.45) is 0 Å². The van der Waals surface area contributed by atoms with Crippen LogP contribution in [0.25, 0.3) is 0 Å². The Hall–Kier alpha value is -2.00. The van der Waals surface area contributed by atoms with Gasteiger partial charge < -0.3 is 10.2 Å². The van der Waals surface area contributed by atoms with Crippen molar-refractivity contribution >= 4 is 62.3 Å². The molecule has 2 aromatic rings. The molecule has 1 saturated carbocycles. The highest BCUT2D eigenvalue weighted by Crippen LogP contribution is 2.28. The molecule has 0 heterocycles. The molecule has 2 amide bonds. The number of hydrogen-bond donors (Lipinski definition) is 1. The Labute approximate surface area is 240 Å². The number of nitrogens with zero attached hydrogens (tertiary/aromatic N) is 2. The van der Waals surface area contributed by atoms with Gasteiger partial charge in [-0.3, -0.25) is 13.9 Å². The SMILES string of the molecule is C[C@H](C(=O)NC1CCCCC1)N(Cc1c(Cl)cccc1Cl)C(=O)CCCN(c1cccc(Cl)c1)S(C)(=O)=O. The highest BCUT2D eigenvalue weighted by Gasteiger charge is 2.29. The van der Waals surface area contributed by atoms with Gasteiger partial charge in [-0.1, -0.05) is 66.2 Å². The molecule has 7 nitrogen and oxygen atoms in total. The first-order valence-electron chi connectivity index (χ1n) is 12.7. The Balaban J connectivity index is 1.76. The van der Waals surface area contributed by atoms with E-state index in [1.165, 1.54) is 9.21 Å². The van der Waals surface area contributed by atoms with Crippen LogP contribution in [-0.4, -0.2) is 50.0 Å². The van der Waals surface area contributed by atoms with Gasteiger partial charge in [-0.2, -0.15) is 0 Å². The minimum absolute atomic E-state index is 0.0235. The van der Waals surface area contributed by atoms with E-state index in [1.807, 2.05) is 0 Å². The van der Waals surface area contributed by atoms with Crippen LogP contribution in [-0.2, 0) is 26.2 Å². The second-order valence-corrected chi connectivity index (χ2v) is 12.8. The Bertz CT molecular complexity index is 1220. The fraction of sp³-hybridized carbons (Fsp3) is 0.481. The van der Waals surface area contributed by atoms with Gasteiger partial charge in [0.05, 0.1) is 11.9 Å². The number of hydrogen-bond acceptors (Lipinski definition) is 4. The van der Waals surface area contributed by atoms with E-state index in [9.17, 15) is 18.0 Å². The summed E-state index contributed by atoms with van der Waals surface area (Å²) in [5.74, 6) is -0.531. The van der Waals surface area contributed by atoms with Crippen molar-refractivity contribution in [2.45, 2.75) is 70.5 Å². The lowest BCUT2D eigenvalue weighted by Crippen LogP contribution is -2.50. The zero-order valence-corrected chi connectivity index (χ0v) is 24.7. The highest BCUT2D eigenvalue weighted by atomic mass is 35.5. The molecule has 0 spiro atoms. The summed E-state index contributed by atoms with van der Waals surface area (Å²) in [4.78, 5) is 28.1. The third kappa shape index (κ3) is 8.50. The summed E-state index contributed by atoms with van der Waals surface area (Å²) in [5, 5.41) is 4.31. The molecule has 1 N–H and O–H groups in total. The van der Waals surface area contributed by atoms with E-state index >= 15 is 0 Å². The highest BCUT2D eigenvalue weighted by molar-refractivity contribution is 7.92. The van der Waals surface area contributed by atoms with E-state index in [2.05, 4.69) is 5.32 Å². The zero-order valence-electron chi connectivity index (χ0n) is 21.6. The normalized spacial score (nSPS) is 15.1. The van der Waals surface area contributed by atoms with Gasteiger partial charge in [0.15, 0.2) is 0 Å². The molecular formula is C27H34Cl3N3O4S. The number of anilines is 1. The molecule has 0 radical (unpaired) electrons. The Kier molecular flexibility index (Phi) is 11.2. The molecule has 0 aromatic heterocycles. The van der Waals surface area contributed by atoms with Crippen molar-refractivity contribution in [2.75, 3.05) is 17.1 Å². The minimum atomic E-state index is -3.61. The van der Waals surface area contributed by atoms with Crippen molar-refractivity contribution < 1.29 is 18.0 Å². The van der Waals surface area contributed by atoms with Gasteiger partial charge in [0.2, 0.25) is 21.8 Å². The van der Waals surface area contributed by atoms with Gasteiger partial charge in [0, 0.05) is 46.2 Å². The molecule has 1 atom stereocenters. The monoisotopic (exact) mass is 601 g/mol. The van der Waals surface area contributed by atoms with Crippen LogP contribution in [0.4, 0.5) is 5.69 Å². The summed E-state index contributed by atoms with van der Waals surface area (Å²) in [5.41, 5.74) is 0.977. The number of halogens is 3. The van der Waals surface area contributed by atoms with Crippen LogP contribution in [0.15, 0.2) is 42.5 Å². The summed E-state index contributed by atoms with van der Waals surface area (Å²) >= 11 is 18.8. The van der Waals surface area contributed by atoms with Crippen molar-refractivity contribution in [3.05, 3.63) is 63.1 Å².